The fraction of sp³-hybridized carbons (Fsp3) is 0.208. The molecule has 2 aromatic heterocycles. The molecule has 0 saturated carbocycles. The second kappa shape index (κ2) is 9.05. The highest BCUT2D eigenvalue weighted by molar-refractivity contribution is 5.93. The van der Waals surface area contributed by atoms with E-state index >= 15 is 0 Å². The molecule has 0 unspecified atom stereocenters. The molecule has 32 heavy (non-hydrogen) atoms. The molecule has 7 nitrogen and oxygen atoms in total. The number of halogens is 1. The maximum Gasteiger partial charge on any atom is 0.274 e. The van der Waals surface area contributed by atoms with E-state index in [4.69, 9.17) is 9.26 Å². The fourth-order valence-electron chi connectivity index (χ4n) is 3.46. The van der Waals surface area contributed by atoms with Crippen LogP contribution < -0.4 is 10.1 Å². The van der Waals surface area contributed by atoms with E-state index < -0.39 is 11.7 Å². The van der Waals surface area contributed by atoms with Crippen LogP contribution in [0.25, 0.3) is 5.69 Å². The van der Waals surface area contributed by atoms with Gasteiger partial charge in [-0.15, -0.1) is 0 Å². The van der Waals surface area contributed by atoms with Gasteiger partial charge in [0.05, 0.1) is 16.9 Å². The summed E-state index contributed by atoms with van der Waals surface area (Å²) in [6, 6.07) is 15.9. The van der Waals surface area contributed by atoms with Crippen LogP contribution >= 0.6 is 0 Å². The molecule has 0 radical (unpaired) electrons. The standard InChI is InChI=1S/C24H23FN4O3/c1-15-19(16(2)29(27-15)18-9-5-4-6-10-18)13-26-24(30)23-20(17(3)32-28-23)14-31-22-12-8-7-11-21(22)25/h4-12H,13-14H2,1-3H3,(H,26,30). The zero-order valence-electron chi connectivity index (χ0n) is 18.1. The van der Waals surface area contributed by atoms with E-state index in [2.05, 4.69) is 15.6 Å². The third-order valence-electron chi connectivity index (χ3n) is 5.28. The van der Waals surface area contributed by atoms with E-state index in [0.717, 1.165) is 22.6 Å². The number of amides is 1. The topological polar surface area (TPSA) is 82.2 Å². The number of para-hydroxylation sites is 2. The van der Waals surface area contributed by atoms with Crippen molar-refractivity contribution in [3.63, 3.8) is 0 Å². The molecule has 0 fully saturated rings. The zero-order chi connectivity index (χ0) is 22.7. The Labute approximate surface area is 184 Å². The van der Waals surface area contributed by atoms with Gasteiger partial charge in [0.25, 0.3) is 5.91 Å². The van der Waals surface area contributed by atoms with E-state index in [0.29, 0.717) is 11.3 Å². The van der Waals surface area contributed by atoms with E-state index in [-0.39, 0.29) is 24.6 Å². The van der Waals surface area contributed by atoms with Crippen LogP contribution in [0.15, 0.2) is 59.1 Å². The Morgan fingerprint density at radius 2 is 1.78 bits per heavy atom. The molecule has 0 atom stereocenters. The second-order valence-electron chi connectivity index (χ2n) is 7.36. The number of ether oxygens (including phenoxy) is 1. The number of rotatable bonds is 7. The van der Waals surface area contributed by atoms with Crippen LogP contribution in [0, 0.1) is 26.6 Å². The molecule has 164 valence electrons. The van der Waals surface area contributed by atoms with Crippen molar-refractivity contribution in [3.05, 3.63) is 94.4 Å². The average molecular weight is 434 g/mol. The molecule has 0 aliphatic carbocycles. The van der Waals surface area contributed by atoms with Gasteiger partial charge in [0.1, 0.15) is 12.4 Å². The third-order valence-corrected chi connectivity index (χ3v) is 5.28. The minimum absolute atomic E-state index is 0.0387. The first-order valence-electron chi connectivity index (χ1n) is 10.2. The van der Waals surface area contributed by atoms with Crippen molar-refractivity contribution < 1.29 is 18.4 Å². The summed E-state index contributed by atoms with van der Waals surface area (Å²) in [5.74, 6) is -0.344. The Hall–Kier alpha value is -3.94. The molecular formula is C24H23FN4O3. The number of aromatic nitrogens is 3. The van der Waals surface area contributed by atoms with Crippen LogP contribution in [0.3, 0.4) is 0 Å². The Balaban J connectivity index is 1.48. The molecule has 4 rings (SSSR count). The Bertz CT molecular complexity index is 1250. The molecule has 2 heterocycles. The second-order valence-corrected chi connectivity index (χ2v) is 7.36. The number of nitrogens with zero attached hydrogens (tertiary/aromatic N) is 3. The largest absolute Gasteiger partial charge is 0.486 e. The first-order chi connectivity index (χ1) is 15.5. The minimum atomic E-state index is -0.478. The predicted octanol–water partition coefficient (Wildman–Crippen LogP) is 4.43. The normalized spacial score (nSPS) is 10.9. The number of carbonyl (C=O) groups is 1. The van der Waals surface area contributed by atoms with Crippen LogP contribution in [0.5, 0.6) is 5.75 Å². The van der Waals surface area contributed by atoms with Crippen LogP contribution in [0.2, 0.25) is 0 Å². The quantitative estimate of drug-likeness (QED) is 0.465. The van der Waals surface area contributed by atoms with E-state index in [1.165, 1.54) is 12.1 Å². The molecule has 0 aliphatic heterocycles. The summed E-state index contributed by atoms with van der Waals surface area (Å²) in [6.07, 6.45) is 0. The van der Waals surface area contributed by atoms with Crippen molar-refractivity contribution in [1.82, 2.24) is 20.3 Å². The molecule has 4 aromatic rings. The lowest BCUT2D eigenvalue weighted by Crippen LogP contribution is -2.25. The lowest BCUT2D eigenvalue weighted by molar-refractivity contribution is 0.0939. The van der Waals surface area contributed by atoms with Gasteiger partial charge in [0.15, 0.2) is 17.3 Å². The summed E-state index contributed by atoms with van der Waals surface area (Å²) in [5.41, 5.74) is 4.22. The predicted molar refractivity (Wildman–Crippen MR) is 116 cm³/mol. The van der Waals surface area contributed by atoms with Gasteiger partial charge in [-0.1, -0.05) is 35.5 Å². The van der Waals surface area contributed by atoms with Crippen LogP contribution in [0.1, 0.15) is 38.8 Å². The first-order valence-corrected chi connectivity index (χ1v) is 10.2. The van der Waals surface area contributed by atoms with Gasteiger partial charge in [-0.05, 0) is 45.0 Å². The number of carbonyl (C=O) groups excluding carboxylic acids is 1. The van der Waals surface area contributed by atoms with Crippen molar-refractivity contribution in [2.75, 3.05) is 0 Å². The molecule has 1 N–H and O–H groups in total. The third kappa shape index (κ3) is 4.25. The highest BCUT2D eigenvalue weighted by atomic mass is 19.1. The lowest BCUT2D eigenvalue weighted by Gasteiger charge is -2.08. The summed E-state index contributed by atoms with van der Waals surface area (Å²) in [5, 5.41) is 11.4. The van der Waals surface area contributed by atoms with Crippen LogP contribution in [0.4, 0.5) is 4.39 Å². The summed E-state index contributed by atoms with van der Waals surface area (Å²) in [4.78, 5) is 12.8. The smallest absolute Gasteiger partial charge is 0.274 e. The zero-order valence-corrected chi connectivity index (χ0v) is 18.1. The van der Waals surface area contributed by atoms with Crippen molar-refractivity contribution in [2.45, 2.75) is 33.9 Å². The molecule has 2 aromatic carbocycles. The van der Waals surface area contributed by atoms with Gasteiger partial charge < -0.3 is 14.6 Å². The Morgan fingerprint density at radius 1 is 1.06 bits per heavy atom. The van der Waals surface area contributed by atoms with E-state index in [1.807, 2.05) is 48.9 Å². The number of hydrogen-bond donors (Lipinski definition) is 1. The highest BCUT2D eigenvalue weighted by Gasteiger charge is 2.22. The molecule has 1 amide bonds. The first kappa shape index (κ1) is 21.3. The molecule has 8 heteroatoms. The Kier molecular flexibility index (Phi) is 6.02. The molecule has 0 spiro atoms. The van der Waals surface area contributed by atoms with Gasteiger partial charge >= 0.3 is 0 Å². The van der Waals surface area contributed by atoms with E-state index in [1.54, 1.807) is 19.1 Å². The summed E-state index contributed by atoms with van der Waals surface area (Å²) in [6.45, 7) is 5.79. The van der Waals surface area contributed by atoms with Crippen LogP contribution in [-0.2, 0) is 13.2 Å². The molecule has 0 saturated heterocycles. The minimum Gasteiger partial charge on any atom is -0.486 e. The monoisotopic (exact) mass is 434 g/mol. The van der Waals surface area contributed by atoms with E-state index in [9.17, 15) is 9.18 Å². The highest BCUT2D eigenvalue weighted by Crippen LogP contribution is 2.21. The van der Waals surface area contributed by atoms with Crippen molar-refractivity contribution in [1.29, 1.82) is 0 Å². The van der Waals surface area contributed by atoms with Gasteiger partial charge in [-0.2, -0.15) is 5.10 Å². The van der Waals surface area contributed by atoms with Gasteiger partial charge in [0.2, 0.25) is 0 Å². The maximum atomic E-state index is 13.8. The number of benzene rings is 2. The molecule has 0 aliphatic rings. The fourth-order valence-corrected chi connectivity index (χ4v) is 3.46. The Morgan fingerprint density at radius 3 is 2.53 bits per heavy atom. The van der Waals surface area contributed by atoms with Gasteiger partial charge in [-0.3, -0.25) is 4.79 Å². The molecular weight excluding hydrogens is 411 g/mol. The van der Waals surface area contributed by atoms with Gasteiger partial charge in [0, 0.05) is 17.8 Å². The summed E-state index contributed by atoms with van der Waals surface area (Å²) >= 11 is 0. The average Bonchev–Trinajstić information content (AvgIpc) is 3.31. The summed E-state index contributed by atoms with van der Waals surface area (Å²) < 4.78 is 26.4. The number of aryl methyl sites for hydroxylation is 2. The van der Waals surface area contributed by atoms with Crippen molar-refractivity contribution in [3.8, 4) is 11.4 Å². The number of nitrogens with one attached hydrogen (secondary N) is 1. The van der Waals surface area contributed by atoms with Crippen LogP contribution in [-0.4, -0.2) is 20.8 Å². The van der Waals surface area contributed by atoms with Crippen molar-refractivity contribution in [2.24, 2.45) is 0 Å². The molecule has 0 bridgehead atoms. The van der Waals surface area contributed by atoms with Gasteiger partial charge in [-0.25, -0.2) is 9.07 Å². The maximum absolute atomic E-state index is 13.8. The SMILES string of the molecule is Cc1nn(-c2ccccc2)c(C)c1CNC(=O)c1noc(C)c1COc1ccccc1F. The van der Waals surface area contributed by atoms with Crippen molar-refractivity contribution >= 4 is 5.91 Å². The lowest BCUT2D eigenvalue weighted by atomic mass is 10.1. The number of hydrogen-bond acceptors (Lipinski definition) is 5. The summed E-state index contributed by atoms with van der Waals surface area (Å²) in [7, 11) is 0.